The van der Waals surface area contributed by atoms with Gasteiger partial charge >= 0.3 is 0 Å². The molecule has 0 saturated carbocycles. The zero-order chi connectivity index (χ0) is 12.1. The van der Waals surface area contributed by atoms with E-state index < -0.39 is 0 Å². The Labute approximate surface area is 107 Å². The van der Waals surface area contributed by atoms with Crippen molar-refractivity contribution in [2.75, 3.05) is 18.4 Å². The second-order valence-electron chi connectivity index (χ2n) is 4.32. The van der Waals surface area contributed by atoms with Gasteiger partial charge in [0.25, 0.3) is 0 Å². The minimum absolute atomic E-state index is 0.595. The Morgan fingerprint density at radius 1 is 1.53 bits per heavy atom. The topological polar surface area (TPSA) is 47.9 Å². The lowest BCUT2D eigenvalue weighted by atomic mass is 10.1. The van der Waals surface area contributed by atoms with Crippen molar-refractivity contribution >= 4 is 17.3 Å². The highest BCUT2D eigenvalue weighted by molar-refractivity contribution is 6.33. The summed E-state index contributed by atoms with van der Waals surface area (Å²) in [6, 6.07) is 8.05. The molecular formula is C13H16ClN3. The highest BCUT2D eigenvalue weighted by Crippen LogP contribution is 2.22. The van der Waals surface area contributed by atoms with Gasteiger partial charge in [-0.1, -0.05) is 11.6 Å². The summed E-state index contributed by atoms with van der Waals surface area (Å²) in [5.74, 6) is 0. The number of anilines is 1. The van der Waals surface area contributed by atoms with Gasteiger partial charge in [-0.05, 0) is 44.0 Å². The van der Waals surface area contributed by atoms with Gasteiger partial charge in [-0.2, -0.15) is 5.26 Å². The molecule has 1 atom stereocenters. The van der Waals surface area contributed by atoms with Crippen molar-refractivity contribution in [3.8, 4) is 6.07 Å². The summed E-state index contributed by atoms with van der Waals surface area (Å²) in [4.78, 5) is 0. The molecule has 0 unspecified atom stereocenters. The van der Waals surface area contributed by atoms with Crippen LogP contribution in [0.25, 0.3) is 0 Å². The first-order chi connectivity index (χ1) is 8.29. The zero-order valence-corrected chi connectivity index (χ0v) is 10.4. The Morgan fingerprint density at radius 2 is 2.41 bits per heavy atom. The Morgan fingerprint density at radius 3 is 3.06 bits per heavy atom. The first-order valence-corrected chi connectivity index (χ1v) is 6.34. The van der Waals surface area contributed by atoms with Crippen LogP contribution in [0.4, 0.5) is 5.69 Å². The molecule has 3 nitrogen and oxygen atoms in total. The smallest absolute Gasteiger partial charge is 0.0992 e. The molecule has 2 rings (SSSR count). The van der Waals surface area contributed by atoms with Gasteiger partial charge in [0.1, 0.15) is 0 Å². The Bertz CT molecular complexity index is 419. The summed E-state index contributed by atoms with van der Waals surface area (Å²) in [5.41, 5.74) is 1.50. The molecule has 1 fully saturated rings. The number of benzene rings is 1. The number of rotatable bonds is 4. The fraction of sp³-hybridized carbons (Fsp3) is 0.462. The van der Waals surface area contributed by atoms with E-state index in [9.17, 15) is 0 Å². The van der Waals surface area contributed by atoms with Crippen LogP contribution in [0.3, 0.4) is 0 Å². The van der Waals surface area contributed by atoms with Gasteiger partial charge in [0.05, 0.1) is 22.3 Å². The van der Waals surface area contributed by atoms with E-state index in [0.29, 0.717) is 16.6 Å². The molecule has 17 heavy (non-hydrogen) atoms. The highest BCUT2D eigenvalue weighted by atomic mass is 35.5. The molecule has 1 aliphatic rings. The Kier molecular flexibility index (Phi) is 4.24. The van der Waals surface area contributed by atoms with Crippen molar-refractivity contribution in [3.63, 3.8) is 0 Å². The number of nitrogens with one attached hydrogen (secondary N) is 2. The number of nitriles is 1. The van der Waals surface area contributed by atoms with E-state index in [4.69, 9.17) is 16.9 Å². The van der Waals surface area contributed by atoms with Gasteiger partial charge < -0.3 is 10.6 Å². The van der Waals surface area contributed by atoms with E-state index in [2.05, 4.69) is 16.7 Å². The first kappa shape index (κ1) is 12.2. The van der Waals surface area contributed by atoms with Gasteiger partial charge in [-0.3, -0.25) is 0 Å². The van der Waals surface area contributed by atoms with Crippen LogP contribution in [0.5, 0.6) is 0 Å². The van der Waals surface area contributed by atoms with E-state index in [1.54, 1.807) is 12.1 Å². The molecule has 0 aromatic heterocycles. The summed E-state index contributed by atoms with van der Waals surface area (Å²) in [5, 5.41) is 16.1. The molecule has 0 spiro atoms. The Balaban J connectivity index is 1.84. The quantitative estimate of drug-likeness (QED) is 0.863. The fourth-order valence-corrected chi connectivity index (χ4v) is 2.36. The molecule has 0 aliphatic carbocycles. The maximum absolute atomic E-state index is 8.74. The van der Waals surface area contributed by atoms with Gasteiger partial charge in [0, 0.05) is 12.6 Å². The van der Waals surface area contributed by atoms with Crippen LogP contribution in [0.15, 0.2) is 18.2 Å². The fourth-order valence-electron chi connectivity index (χ4n) is 2.11. The number of halogens is 1. The summed E-state index contributed by atoms with van der Waals surface area (Å²) in [6.45, 7) is 2.05. The molecule has 0 radical (unpaired) electrons. The van der Waals surface area contributed by atoms with Crippen molar-refractivity contribution in [2.24, 2.45) is 0 Å². The van der Waals surface area contributed by atoms with Crippen LogP contribution in [0.2, 0.25) is 5.02 Å². The number of hydrogen-bond donors (Lipinski definition) is 2. The SMILES string of the molecule is N#Cc1ccc(NCC[C@H]2CCCN2)c(Cl)c1. The summed E-state index contributed by atoms with van der Waals surface area (Å²) >= 11 is 6.07. The average Bonchev–Trinajstić information content (AvgIpc) is 2.84. The predicted octanol–water partition coefficient (Wildman–Crippen LogP) is 2.77. The molecule has 90 valence electrons. The van der Waals surface area contributed by atoms with E-state index in [0.717, 1.165) is 25.2 Å². The lowest BCUT2D eigenvalue weighted by molar-refractivity contribution is 0.574. The summed E-state index contributed by atoms with van der Waals surface area (Å²) in [6.07, 6.45) is 3.65. The van der Waals surface area contributed by atoms with Crippen LogP contribution in [0, 0.1) is 11.3 Å². The van der Waals surface area contributed by atoms with Crippen LogP contribution >= 0.6 is 11.6 Å². The van der Waals surface area contributed by atoms with Gasteiger partial charge in [0.15, 0.2) is 0 Å². The second kappa shape index (κ2) is 5.90. The normalized spacial score (nSPS) is 18.9. The van der Waals surface area contributed by atoms with E-state index in [1.807, 2.05) is 6.07 Å². The molecule has 1 heterocycles. The molecule has 4 heteroatoms. The van der Waals surface area contributed by atoms with Crippen molar-refractivity contribution in [3.05, 3.63) is 28.8 Å². The minimum atomic E-state index is 0.595. The second-order valence-corrected chi connectivity index (χ2v) is 4.72. The molecule has 1 aromatic rings. The predicted molar refractivity (Wildman–Crippen MR) is 70.3 cm³/mol. The lowest BCUT2D eigenvalue weighted by Gasteiger charge is -2.12. The monoisotopic (exact) mass is 249 g/mol. The van der Waals surface area contributed by atoms with Crippen LogP contribution in [-0.2, 0) is 0 Å². The molecular weight excluding hydrogens is 234 g/mol. The average molecular weight is 250 g/mol. The van der Waals surface area contributed by atoms with E-state index in [1.165, 1.54) is 12.8 Å². The standard InChI is InChI=1S/C13H16ClN3/c14-12-8-10(9-15)3-4-13(12)17-7-5-11-2-1-6-16-11/h3-4,8,11,16-17H,1-2,5-7H2/t11-/m1/s1. The Hall–Kier alpha value is -1.24. The van der Waals surface area contributed by atoms with Crippen molar-refractivity contribution < 1.29 is 0 Å². The van der Waals surface area contributed by atoms with Crippen molar-refractivity contribution in [1.29, 1.82) is 5.26 Å². The highest BCUT2D eigenvalue weighted by Gasteiger charge is 2.13. The molecule has 1 saturated heterocycles. The van der Waals surface area contributed by atoms with E-state index in [-0.39, 0.29) is 0 Å². The molecule has 0 amide bonds. The molecule has 0 bridgehead atoms. The van der Waals surface area contributed by atoms with Gasteiger partial charge in [0.2, 0.25) is 0 Å². The van der Waals surface area contributed by atoms with Crippen LogP contribution < -0.4 is 10.6 Å². The van der Waals surface area contributed by atoms with Gasteiger partial charge in [-0.25, -0.2) is 0 Å². The van der Waals surface area contributed by atoms with Gasteiger partial charge in [-0.15, -0.1) is 0 Å². The third-order valence-electron chi connectivity index (χ3n) is 3.07. The maximum Gasteiger partial charge on any atom is 0.0992 e. The number of hydrogen-bond acceptors (Lipinski definition) is 3. The third-order valence-corrected chi connectivity index (χ3v) is 3.38. The number of nitrogens with zero attached hydrogens (tertiary/aromatic N) is 1. The first-order valence-electron chi connectivity index (χ1n) is 5.96. The molecule has 1 aliphatic heterocycles. The molecule has 2 N–H and O–H groups in total. The largest absolute Gasteiger partial charge is 0.384 e. The summed E-state index contributed by atoms with van der Waals surface area (Å²) < 4.78 is 0. The van der Waals surface area contributed by atoms with Crippen LogP contribution in [0.1, 0.15) is 24.8 Å². The maximum atomic E-state index is 8.74. The minimum Gasteiger partial charge on any atom is -0.384 e. The zero-order valence-electron chi connectivity index (χ0n) is 9.67. The summed E-state index contributed by atoms with van der Waals surface area (Å²) in [7, 11) is 0. The molecule has 1 aromatic carbocycles. The van der Waals surface area contributed by atoms with E-state index >= 15 is 0 Å². The van der Waals surface area contributed by atoms with Crippen LogP contribution in [-0.4, -0.2) is 19.1 Å². The third kappa shape index (κ3) is 3.36. The van der Waals surface area contributed by atoms with Crippen molar-refractivity contribution in [1.82, 2.24) is 5.32 Å². The lowest BCUT2D eigenvalue weighted by Crippen LogP contribution is -2.24. The van der Waals surface area contributed by atoms with Crippen molar-refractivity contribution in [2.45, 2.75) is 25.3 Å².